The maximum absolute atomic E-state index is 6.01. The maximum Gasteiger partial charge on any atom is 0.140 e. The monoisotopic (exact) mass is 320 g/mol. The highest BCUT2D eigenvalue weighted by atomic mass is 79.9. The fraction of sp³-hybridized carbons (Fsp3) is 0.100. The van der Waals surface area contributed by atoms with E-state index in [0.717, 1.165) is 4.47 Å². The molecule has 0 aliphatic carbocycles. The third-order valence-electron chi connectivity index (χ3n) is 2.06. The SMILES string of the molecule is NC(c1ncc(Cl)cc1Cl)c1occc1Br. The quantitative estimate of drug-likeness (QED) is 0.915. The van der Waals surface area contributed by atoms with Gasteiger partial charge in [-0.2, -0.15) is 0 Å². The van der Waals surface area contributed by atoms with Gasteiger partial charge in [-0.15, -0.1) is 0 Å². The molecule has 0 spiro atoms. The predicted molar refractivity (Wildman–Crippen MR) is 66.7 cm³/mol. The van der Waals surface area contributed by atoms with Crippen LogP contribution in [0.2, 0.25) is 10.0 Å². The van der Waals surface area contributed by atoms with Gasteiger partial charge in [-0.1, -0.05) is 23.2 Å². The largest absolute Gasteiger partial charge is 0.466 e. The molecule has 2 aromatic rings. The Morgan fingerprint density at radius 1 is 1.44 bits per heavy atom. The molecule has 1 atom stereocenters. The molecule has 16 heavy (non-hydrogen) atoms. The van der Waals surface area contributed by atoms with E-state index in [1.165, 1.54) is 6.20 Å². The van der Waals surface area contributed by atoms with Gasteiger partial charge in [-0.05, 0) is 28.1 Å². The lowest BCUT2D eigenvalue weighted by Gasteiger charge is -2.10. The molecule has 3 nitrogen and oxygen atoms in total. The molecule has 1 unspecified atom stereocenters. The first-order valence-corrected chi connectivity index (χ1v) is 5.94. The highest BCUT2D eigenvalue weighted by molar-refractivity contribution is 9.10. The Kier molecular flexibility index (Phi) is 3.54. The fourth-order valence-corrected chi connectivity index (χ4v) is 2.25. The zero-order valence-corrected chi connectivity index (χ0v) is 11.1. The van der Waals surface area contributed by atoms with Crippen molar-refractivity contribution >= 4 is 39.1 Å². The number of furan rings is 1. The minimum Gasteiger partial charge on any atom is -0.466 e. The molecule has 0 aliphatic rings. The minimum absolute atomic E-state index is 0.420. The first-order chi connectivity index (χ1) is 7.59. The summed E-state index contributed by atoms with van der Waals surface area (Å²) in [4.78, 5) is 4.11. The smallest absolute Gasteiger partial charge is 0.140 e. The van der Waals surface area contributed by atoms with E-state index in [2.05, 4.69) is 20.9 Å². The summed E-state index contributed by atoms with van der Waals surface area (Å²) in [5.74, 6) is 0.580. The summed E-state index contributed by atoms with van der Waals surface area (Å²) in [6.07, 6.45) is 3.04. The van der Waals surface area contributed by atoms with Crippen molar-refractivity contribution in [1.29, 1.82) is 0 Å². The van der Waals surface area contributed by atoms with Crippen LogP contribution >= 0.6 is 39.1 Å². The van der Waals surface area contributed by atoms with Crippen molar-refractivity contribution in [2.45, 2.75) is 6.04 Å². The molecule has 0 saturated heterocycles. The van der Waals surface area contributed by atoms with Crippen LogP contribution in [0.15, 0.2) is 33.5 Å². The predicted octanol–water partition coefficient (Wildman–Crippen LogP) is 3.79. The Bertz CT molecular complexity index is 515. The van der Waals surface area contributed by atoms with E-state index in [1.807, 2.05) is 0 Å². The second-order valence-electron chi connectivity index (χ2n) is 3.13. The lowest BCUT2D eigenvalue weighted by molar-refractivity contribution is 0.484. The zero-order chi connectivity index (χ0) is 11.7. The van der Waals surface area contributed by atoms with Gasteiger partial charge in [-0.25, -0.2) is 0 Å². The third-order valence-corrected chi connectivity index (χ3v) is 3.22. The lowest BCUT2D eigenvalue weighted by atomic mass is 10.1. The summed E-state index contributed by atoms with van der Waals surface area (Å²) in [6.45, 7) is 0. The average Bonchev–Trinajstić information content (AvgIpc) is 2.63. The van der Waals surface area contributed by atoms with Crippen LogP contribution in [0, 0.1) is 0 Å². The number of rotatable bonds is 2. The van der Waals surface area contributed by atoms with Gasteiger partial charge < -0.3 is 10.2 Å². The first-order valence-electron chi connectivity index (χ1n) is 4.39. The summed E-state index contributed by atoms with van der Waals surface area (Å²) in [6, 6.07) is 2.84. The van der Waals surface area contributed by atoms with Crippen molar-refractivity contribution in [2.24, 2.45) is 5.73 Å². The van der Waals surface area contributed by atoms with Gasteiger partial charge in [0.05, 0.1) is 26.5 Å². The molecule has 0 fully saturated rings. The van der Waals surface area contributed by atoms with Crippen molar-refractivity contribution in [1.82, 2.24) is 4.98 Å². The molecule has 0 amide bonds. The summed E-state index contributed by atoms with van der Waals surface area (Å²) in [5, 5.41) is 0.891. The van der Waals surface area contributed by atoms with Crippen molar-refractivity contribution in [2.75, 3.05) is 0 Å². The van der Waals surface area contributed by atoms with Gasteiger partial charge in [0.25, 0.3) is 0 Å². The second-order valence-corrected chi connectivity index (χ2v) is 4.83. The number of pyridine rings is 1. The lowest BCUT2D eigenvalue weighted by Crippen LogP contribution is -2.13. The molecule has 0 aliphatic heterocycles. The van der Waals surface area contributed by atoms with Crippen LogP contribution in [0.1, 0.15) is 17.5 Å². The molecule has 2 heterocycles. The Morgan fingerprint density at radius 2 is 2.19 bits per heavy atom. The van der Waals surface area contributed by atoms with Crippen LogP contribution in [-0.2, 0) is 0 Å². The highest BCUT2D eigenvalue weighted by Gasteiger charge is 2.19. The summed E-state index contributed by atoms with van der Waals surface area (Å²) >= 11 is 15.1. The molecule has 2 N–H and O–H groups in total. The fourth-order valence-electron chi connectivity index (χ4n) is 1.31. The molecule has 0 aromatic carbocycles. The molecular weight excluding hydrogens is 315 g/mol. The normalized spacial score (nSPS) is 12.8. The molecule has 2 rings (SSSR count). The number of hydrogen-bond donors (Lipinski definition) is 1. The van der Waals surface area contributed by atoms with Crippen molar-refractivity contribution in [3.05, 3.63) is 50.6 Å². The average molecular weight is 322 g/mol. The van der Waals surface area contributed by atoms with E-state index >= 15 is 0 Å². The van der Waals surface area contributed by atoms with Gasteiger partial charge in [0.2, 0.25) is 0 Å². The van der Waals surface area contributed by atoms with Crippen LogP contribution in [0.3, 0.4) is 0 Å². The Hall–Kier alpha value is -0.550. The van der Waals surface area contributed by atoms with Gasteiger partial charge in [-0.3, -0.25) is 4.98 Å². The van der Waals surface area contributed by atoms with E-state index in [0.29, 0.717) is 21.5 Å². The minimum atomic E-state index is -0.519. The molecule has 0 radical (unpaired) electrons. The Morgan fingerprint density at radius 3 is 2.75 bits per heavy atom. The van der Waals surface area contributed by atoms with Crippen molar-refractivity contribution in [3.8, 4) is 0 Å². The van der Waals surface area contributed by atoms with E-state index < -0.39 is 6.04 Å². The third kappa shape index (κ3) is 2.25. The molecule has 0 saturated carbocycles. The van der Waals surface area contributed by atoms with Gasteiger partial charge in [0.15, 0.2) is 0 Å². The molecule has 84 valence electrons. The van der Waals surface area contributed by atoms with Crippen LogP contribution in [0.4, 0.5) is 0 Å². The Balaban J connectivity index is 2.41. The van der Waals surface area contributed by atoms with Gasteiger partial charge in [0, 0.05) is 6.20 Å². The van der Waals surface area contributed by atoms with Crippen molar-refractivity contribution < 1.29 is 4.42 Å². The first kappa shape index (κ1) is 11.9. The number of nitrogens with two attached hydrogens (primary N) is 1. The molecule has 2 aromatic heterocycles. The van der Waals surface area contributed by atoms with E-state index in [4.69, 9.17) is 33.4 Å². The molecular formula is C10H7BrCl2N2O. The summed E-state index contributed by atoms with van der Waals surface area (Å²) in [7, 11) is 0. The number of hydrogen-bond acceptors (Lipinski definition) is 3. The maximum atomic E-state index is 6.01. The zero-order valence-electron chi connectivity index (χ0n) is 7.95. The topological polar surface area (TPSA) is 52.0 Å². The van der Waals surface area contributed by atoms with Crippen molar-refractivity contribution in [3.63, 3.8) is 0 Å². The van der Waals surface area contributed by atoms with Gasteiger partial charge in [0.1, 0.15) is 11.8 Å². The number of halogens is 3. The van der Waals surface area contributed by atoms with E-state index in [-0.39, 0.29) is 0 Å². The molecule has 6 heteroatoms. The second kappa shape index (κ2) is 4.75. The Labute approximate surface area is 111 Å². The van der Waals surface area contributed by atoms with E-state index in [1.54, 1.807) is 18.4 Å². The van der Waals surface area contributed by atoms with Crippen LogP contribution in [-0.4, -0.2) is 4.98 Å². The molecule has 0 bridgehead atoms. The van der Waals surface area contributed by atoms with Crippen LogP contribution in [0.25, 0.3) is 0 Å². The van der Waals surface area contributed by atoms with E-state index in [9.17, 15) is 0 Å². The number of aromatic nitrogens is 1. The van der Waals surface area contributed by atoms with Gasteiger partial charge >= 0.3 is 0 Å². The van der Waals surface area contributed by atoms with Crippen LogP contribution < -0.4 is 5.73 Å². The summed E-state index contributed by atoms with van der Waals surface area (Å²) < 4.78 is 6.05. The summed E-state index contributed by atoms with van der Waals surface area (Å²) in [5.41, 5.74) is 6.53. The van der Waals surface area contributed by atoms with Crippen LogP contribution in [0.5, 0.6) is 0 Å². The standard InChI is InChI=1S/C10H7BrCl2N2O/c11-6-1-2-16-10(6)8(14)9-7(13)3-5(12)4-15-9/h1-4,8H,14H2. The number of nitrogens with zero attached hydrogens (tertiary/aromatic N) is 1. The highest BCUT2D eigenvalue weighted by Crippen LogP contribution is 2.31.